The normalized spacial score (nSPS) is 10.6. The summed E-state index contributed by atoms with van der Waals surface area (Å²) in [5, 5.41) is 11.3. The van der Waals surface area contributed by atoms with Gasteiger partial charge in [0.1, 0.15) is 22.5 Å². The number of hydrogen-bond acceptors (Lipinski definition) is 4. The number of pyridine rings is 1. The van der Waals surface area contributed by atoms with Crippen LogP contribution in [0.1, 0.15) is 11.1 Å². The molecule has 120 valence electrons. The van der Waals surface area contributed by atoms with Gasteiger partial charge in [-0.2, -0.15) is 5.26 Å². The topological polar surface area (TPSA) is 39.9 Å². The SMILES string of the molecule is CSc1nc2ccccc2c(N(C)Cc2ccc(F)cc2)c1C#N. The molecule has 2 aromatic carbocycles. The average molecular weight is 337 g/mol. The molecular formula is C19H16FN3S. The van der Waals surface area contributed by atoms with Crippen LogP contribution in [0.3, 0.4) is 0 Å². The van der Waals surface area contributed by atoms with Crippen molar-refractivity contribution in [1.29, 1.82) is 5.26 Å². The van der Waals surface area contributed by atoms with Crippen LogP contribution in [0.25, 0.3) is 10.9 Å². The lowest BCUT2D eigenvalue weighted by atomic mass is 10.1. The Kier molecular flexibility index (Phi) is 4.68. The van der Waals surface area contributed by atoms with Crippen molar-refractivity contribution in [3.05, 3.63) is 65.5 Å². The van der Waals surface area contributed by atoms with Crippen molar-refractivity contribution in [3.8, 4) is 6.07 Å². The maximum Gasteiger partial charge on any atom is 0.123 e. The number of nitrogens with zero attached hydrogens (tertiary/aromatic N) is 3. The van der Waals surface area contributed by atoms with Gasteiger partial charge >= 0.3 is 0 Å². The lowest BCUT2D eigenvalue weighted by molar-refractivity contribution is 0.627. The number of fused-ring (bicyclic) bond motifs is 1. The first-order valence-electron chi connectivity index (χ1n) is 7.46. The second-order valence-electron chi connectivity index (χ2n) is 5.46. The molecule has 3 nitrogen and oxygen atoms in total. The van der Waals surface area contributed by atoms with Crippen molar-refractivity contribution in [1.82, 2.24) is 4.98 Å². The number of rotatable bonds is 4. The molecule has 0 amide bonds. The third kappa shape index (κ3) is 3.06. The molecule has 0 unspecified atom stereocenters. The number of nitriles is 1. The summed E-state index contributed by atoms with van der Waals surface area (Å²) in [6.45, 7) is 0.580. The van der Waals surface area contributed by atoms with Gasteiger partial charge in [0.2, 0.25) is 0 Å². The minimum absolute atomic E-state index is 0.252. The molecule has 0 aliphatic heterocycles. The molecular weight excluding hydrogens is 321 g/mol. The van der Waals surface area contributed by atoms with Gasteiger partial charge in [0.25, 0.3) is 0 Å². The Morgan fingerprint density at radius 2 is 1.88 bits per heavy atom. The van der Waals surface area contributed by atoms with Crippen LogP contribution in [0.5, 0.6) is 0 Å². The van der Waals surface area contributed by atoms with Crippen LogP contribution in [0.4, 0.5) is 10.1 Å². The van der Waals surface area contributed by atoms with Crippen molar-refractivity contribution in [2.75, 3.05) is 18.2 Å². The third-order valence-electron chi connectivity index (χ3n) is 3.85. The number of thioether (sulfide) groups is 1. The Labute approximate surface area is 144 Å². The van der Waals surface area contributed by atoms with Crippen molar-refractivity contribution >= 4 is 28.4 Å². The zero-order chi connectivity index (χ0) is 17.1. The van der Waals surface area contributed by atoms with Crippen LogP contribution < -0.4 is 4.90 Å². The largest absolute Gasteiger partial charge is 0.369 e. The van der Waals surface area contributed by atoms with Crippen LogP contribution >= 0.6 is 11.8 Å². The minimum atomic E-state index is -0.252. The van der Waals surface area contributed by atoms with E-state index in [0.29, 0.717) is 12.1 Å². The van der Waals surface area contributed by atoms with E-state index < -0.39 is 0 Å². The first kappa shape index (κ1) is 16.3. The van der Waals surface area contributed by atoms with E-state index in [9.17, 15) is 9.65 Å². The number of anilines is 1. The van der Waals surface area contributed by atoms with E-state index in [1.54, 1.807) is 12.1 Å². The molecule has 0 fully saturated rings. The zero-order valence-corrected chi connectivity index (χ0v) is 14.3. The number of benzene rings is 2. The molecule has 0 saturated heterocycles. The first-order valence-corrected chi connectivity index (χ1v) is 8.69. The predicted molar refractivity (Wildman–Crippen MR) is 96.7 cm³/mol. The van der Waals surface area contributed by atoms with Crippen molar-refractivity contribution in [2.45, 2.75) is 11.6 Å². The maximum absolute atomic E-state index is 13.1. The molecule has 0 bridgehead atoms. The fourth-order valence-electron chi connectivity index (χ4n) is 2.76. The lowest BCUT2D eigenvalue weighted by Crippen LogP contribution is -2.18. The smallest absolute Gasteiger partial charge is 0.123 e. The van der Waals surface area contributed by atoms with E-state index in [4.69, 9.17) is 0 Å². The standard InChI is InChI=1S/C19H16FN3S/c1-23(12-13-7-9-14(20)10-8-13)18-15-5-3-4-6-17(15)22-19(24-2)16(18)11-21/h3-10H,12H2,1-2H3. The Balaban J connectivity index is 2.12. The summed E-state index contributed by atoms with van der Waals surface area (Å²) in [6, 6.07) is 16.5. The summed E-state index contributed by atoms with van der Waals surface area (Å²) in [4.78, 5) is 6.61. The fourth-order valence-corrected chi connectivity index (χ4v) is 3.30. The Hall–Kier alpha value is -2.58. The molecule has 0 saturated carbocycles. The molecule has 0 radical (unpaired) electrons. The Morgan fingerprint density at radius 3 is 2.54 bits per heavy atom. The van der Waals surface area contributed by atoms with Crippen LogP contribution in [-0.2, 0) is 6.54 Å². The first-order chi connectivity index (χ1) is 11.6. The monoisotopic (exact) mass is 337 g/mol. The minimum Gasteiger partial charge on any atom is -0.369 e. The van der Waals surface area contributed by atoms with Gasteiger partial charge in [0.15, 0.2) is 0 Å². The van der Waals surface area contributed by atoms with Crippen LogP contribution in [0, 0.1) is 17.1 Å². The maximum atomic E-state index is 13.1. The molecule has 5 heteroatoms. The van der Waals surface area contributed by atoms with Gasteiger partial charge in [-0.05, 0) is 30.0 Å². The summed E-state index contributed by atoms with van der Waals surface area (Å²) >= 11 is 1.46. The zero-order valence-electron chi connectivity index (χ0n) is 13.5. The van der Waals surface area contributed by atoms with Gasteiger partial charge in [0.05, 0.1) is 11.2 Å². The lowest BCUT2D eigenvalue weighted by Gasteiger charge is -2.23. The molecule has 3 aromatic rings. The third-order valence-corrected chi connectivity index (χ3v) is 4.53. The molecule has 0 N–H and O–H groups in total. The molecule has 1 aromatic heterocycles. The second kappa shape index (κ2) is 6.90. The van der Waals surface area contributed by atoms with Crippen LogP contribution in [-0.4, -0.2) is 18.3 Å². The van der Waals surface area contributed by atoms with E-state index >= 15 is 0 Å². The highest BCUT2D eigenvalue weighted by molar-refractivity contribution is 7.98. The molecule has 0 atom stereocenters. The van der Waals surface area contributed by atoms with E-state index in [1.807, 2.05) is 42.5 Å². The highest BCUT2D eigenvalue weighted by Gasteiger charge is 2.17. The number of para-hydroxylation sites is 1. The predicted octanol–water partition coefficient (Wildman–Crippen LogP) is 4.60. The van der Waals surface area contributed by atoms with Crippen molar-refractivity contribution in [3.63, 3.8) is 0 Å². The summed E-state index contributed by atoms with van der Waals surface area (Å²) in [7, 11) is 1.94. The van der Waals surface area contributed by atoms with Gasteiger partial charge in [-0.1, -0.05) is 30.3 Å². The quantitative estimate of drug-likeness (QED) is 0.652. The van der Waals surface area contributed by atoms with Crippen molar-refractivity contribution < 1.29 is 4.39 Å². The molecule has 0 aliphatic carbocycles. The van der Waals surface area contributed by atoms with Gasteiger partial charge in [0, 0.05) is 19.0 Å². The van der Waals surface area contributed by atoms with E-state index in [-0.39, 0.29) is 5.82 Å². The average Bonchev–Trinajstić information content (AvgIpc) is 2.61. The van der Waals surface area contributed by atoms with Crippen molar-refractivity contribution in [2.24, 2.45) is 0 Å². The second-order valence-corrected chi connectivity index (χ2v) is 6.25. The molecule has 1 heterocycles. The molecule has 24 heavy (non-hydrogen) atoms. The van der Waals surface area contributed by atoms with Gasteiger partial charge in [-0.3, -0.25) is 0 Å². The van der Waals surface area contributed by atoms with Crippen LogP contribution in [0.2, 0.25) is 0 Å². The van der Waals surface area contributed by atoms with Gasteiger partial charge in [-0.25, -0.2) is 9.37 Å². The molecule has 0 aliphatic rings. The molecule has 0 spiro atoms. The number of aromatic nitrogens is 1. The molecule has 3 rings (SSSR count). The summed E-state index contributed by atoms with van der Waals surface area (Å²) < 4.78 is 13.1. The Morgan fingerprint density at radius 1 is 1.17 bits per heavy atom. The van der Waals surface area contributed by atoms with Crippen LogP contribution in [0.15, 0.2) is 53.6 Å². The van der Waals surface area contributed by atoms with E-state index in [2.05, 4.69) is 11.1 Å². The summed E-state index contributed by atoms with van der Waals surface area (Å²) in [5.74, 6) is -0.252. The Bertz CT molecular complexity index is 916. The van der Waals surface area contributed by atoms with E-state index in [0.717, 1.165) is 27.2 Å². The highest BCUT2D eigenvalue weighted by atomic mass is 32.2. The van der Waals surface area contributed by atoms with Gasteiger partial charge in [-0.15, -0.1) is 11.8 Å². The summed E-state index contributed by atoms with van der Waals surface area (Å²) in [6.07, 6.45) is 1.92. The number of hydrogen-bond donors (Lipinski definition) is 0. The van der Waals surface area contributed by atoms with E-state index in [1.165, 1.54) is 23.9 Å². The fraction of sp³-hybridized carbons (Fsp3) is 0.158. The number of halogens is 1. The summed E-state index contributed by atoms with van der Waals surface area (Å²) in [5.41, 5.74) is 3.28. The van der Waals surface area contributed by atoms with Gasteiger partial charge < -0.3 is 4.90 Å². The highest BCUT2D eigenvalue weighted by Crippen LogP contribution is 2.34.